The maximum absolute atomic E-state index is 11.2. The Morgan fingerprint density at radius 2 is 2.12 bits per heavy atom. The number of carboxylic acids is 1. The molecule has 0 saturated carbocycles. The molecule has 0 aliphatic rings. The van der Waals surface area contributed by atoms with E-state index < -0.39 is 11.4 Å². The van der Waals surface area contributed by atoms with E-state index in [0.29, 0.717) is 5.58 Å². The zero-order valence-electron chi connectivity index (χ0n) is 9.44. The van der Waals surface area contributed by atoms with Crippen LogP contribution in [0.3, 0.4) is 0 Å². The molecule has 1 heterocycles. The Kier molecular flexibility index (Phi) is 2.22. The number of hydrogen-bond donors (Lipinski definition) is 1. The summed E-state index contributed by atoms with van der Waals surface area (Å²) in [7, 11) is 0. The smallest absolute Gasteiger partial charge is 0.313 e. The Morgan fingerprint density at radius 1 is 1.44 bits per heavy atom. The summed E-state index contributed by atoms with van der Waals surface area (Å²) >= 11 is 0. The van der Waals surface area contributed by atoms with E-state index in [1.807, 2.05) is 6.92 Å². The van der Waals surface area contributed by atoms with Gasteiger partial charge in [-0.1, -0.05) is 17.3 Å². The molecule has 84 valence electrons. The van der Waals surface area contributed by atoms with E-state index in [9.17, 15) is 9.90 Å². The average molecular weight is 219 g/mol. The van der Waals surface area contributed by atoms with Gasteiger partial charge in [-0.15, -0.1) is 0 Å². The molecule has 1 aromatic carbocycles. The quantitative estimate of drug-likeness (QED) is 0.842. The lowest BCUT2D eigenvalue weighted by Crippen LogP contribution is -2.28. The highest BCUT2D eigenvalue weighted by Crippen LogP contribution is 2.32. The van der Waals surface area contributed by atoms with Crippen molar-refractivity contribution < 1.29 is 14.4 Å². The van der Waals surface area contributed by atoms with E-state index in [1.54, 1.807) is 32.0 Å². The van der Waals surface area contributed by atoms with E-state index in [4.69, 9.17) is 4.52 Å². The van der Waals surface area contributed by atoms with Gasteiger partial charge in [0.2, 0.25) is 0 Å². The lowest BCUT2D eigenvalue weighted by molar-refractivity contribution is -0.142. The first-order valence-electron chi connectivity index (χ1n) is 5.03. The van der Waals surface area contributed by atoms with Crippen molar-refractivity contribution in [2.75, 3.05) is 0 Å². The van der Waals surface area contributed by atoms with Crippen LogP contribution in [-0.2, 0) is 10.2 Å². The number of benzene rings is 1. The van der Waals surface area contributed by atoms with Crippen LogP contribution in [0.25, 0.3) is 11.0 Å². The molecule has 0 saturated heterocycles. The topological polar surface area (TPSA) is 63.3 Å². The van der Waals surface area contributed by atoms with Crippen LogP contribution >= 0.6 is 0 Å². The van der Waals surface area contributed by atoms with Crippen molar-refractivity contribution in [1.29, 1.82) is 0 Å². The lowest BCUT2D eigenvalue weighted by Gasteiger charge is -2.20. The SMILES string of the molecule is Cc1noc2cccc(C(C)(C)C(=O)O)c12. The number of aliphatic carboxylic acids is 1. The second-order valence-corrected chi connectivity index (χ2v) is 4.38. The van der Waals surface area contributed by atoms with Crippen LogP contribution in [0.4, 0.5) is 0 Å². The summed E-state index contributed by atoms with van der Waals surface area (Å²) in [5.41, 5.74) is 1.14. The van der Waals surface area contributed by atoms with Crippen LogP contribution in [0, 0.1) is 6.92 Å². The molecular formula is C12H13NO3. The molecule has 0 atom stereocenters. The number of fused-ring (bicyclic) bond motifs is 1. The van der Waals surface area contributed by atoms with E-state index in [2.05, 4.69) is 5.16 Å². The van der Waals surface area contributed by atoms with Crippen LogP contribution in [-0.4, -0.2) is 16.2 Å². The highest BCUT2D eigenvalue weighted by molar-refractivity contribution is 5.91. The number of nitrogens with zero attached hydrogens (tertiary/aromatic N) is 1. The summed E-state index contributed by atoms with van der Waals surface area (Å²) in [5.74, 6) is -0.861. The van der Waals surface area contributed by atoms with Crippen molar-refractivity contribution in [2.24, 2.45) is 0 Å². The second kappa shape index (κ2) is 3.33. The standard InChI is InChI=1S/C12H13NO3/c1-7-10-8(12(2,3)11(14)15)5-4-6-9(10)16-13-7/h4-6H,1-3H3,(H,14,15). The summed E-state index contributed by atoms with van der Waals surface area (Å²) < 4.78 is 5.12. The van der Waals surface area contributed by atoms with Crippen molar-refractivity contribution in [3.63, 3.8) is 0 Å². The van der Waals surface area contributed by atoms with Crippen molar-refractivity contribution in [3.05, 3.63) is 29.5 Å². The maximum Gasteiger partial charge on any atom is 0.313 e. The number of carbonyl (C=O) groups is 1. The highest BCUT2D eigenvalue weighted by atomic mass is 16.5. The van der Waals surface area contributed by atoms with Gasteiger partial charge in [0.25, 0.3) is 0 Å². The first-order chi connectivity index (χ1) is 7.44. The van der Waals surface area contributed by atoms with Crippen molar-refractivity contribution in [3.8, 4) is 0 Å². The van der Waals surface area contributed by atoms with Gasteiger partial charge >= 0.3 is 5.97 Å². The maximum atomic E-state index is 11.2. The number of aryl methyl sites for hydroxylation is 1. The molecule has 0 bridgehead atoms. The fourth-order valence-electron chi connectivity index (χ4n) is 1.78. The van der Waals surface area contributed by atoms with E-state index in [1.165, 1.54) is 0 Å². The summed E-state index contributed by atoms with van der Waals surface area (Å²) in [6.45, 7) is 5.17. The molecule has 2 aromatic rings. The van der Waals surface area contributed by atoms with Gasteiger partial charge in [0.15, 0.2) is 5.58 Å². The molecule has 0 spiro atoms. The first kappa shape index (κ1) is 10.7. The Labute approximate surface area is 92.9 Å². The fraction of sp³-hybridized carbons (Fsp3) is 0.333. The van der Waals surface area contributed by atoms with Crippen molar-refractivity contribution in [2.45, 2.75) is 26.2 Å². The Hall–Kier alpha value is -1.84. The monoisotopic (exact) mass is 219 g/mol. The molecule has 0 radical (unpaired) electrons. The molecule has 4 heteroatoms. The van der Waals surface area contributed by atoms with Crippen LogP contribution in [0.5, 0.6) is 0 Å². The van der Waals surface area contributed by atoms with Crippen LogP contribution in [0.1, 0.15) is 25.1 Å². The molecule has 2 rings (SSSR count). The van der Waals surface area contributed by atoms with E-state index in [-0.39, 0.29) is 0 Å². The van der Waals surface area contributed by atoms with Gasteiger partial charge in [-0.05, 0) is 32.4 Å². The van der Waals surface area contributed by atoms with E-state index >= 15 is 0 Å². The highest BCUT2D eigenvalue weighted by Gasteiger charge is 2.32. The number of carboxylic acid groups (broad SMARTS) is 1. The molecule has 0 unspecified atom stereocenters. The van der Waals surface area contributed by atoms with Gasteiger partial charge in [0.05, 0.1) is 11.1 Å². The zero-order chi connectivity index (χ0) is 11.9. The summed E-state index contributed by atoms with van der Waals surface area (Å²) in [5, 5.41) is 13.9. The Bertz CT molecular complexity index is 554. The molecule has 0 aliphatic carbocycles. The molecular weight excluding hydrogens is 206 g/mol. The van der Waals surface area contributed by atoms with Crippen LogP contribution in [0.2, 0.25) is 0 Å². The van der Waals surface area contributed by atoms with Crippen LogP contribution in [0.15, 0.2) is 22.7 Å². The Balaban J connectivity index is 2.78. The minimum absolute atomic E-state index is 0.629. The normalized spacial score (nSPS) is 11.9. The third-order valence-corrected chi connectivity index (χ3v) is 2.88. The van der Waals surface area contributed by atoms with E-state index in [0.717, 1.165) is 16.6 Å². The number of rotatable bonds is 2. The number of hydrogen-bond acceptors (Lipinski definition) is 3. The lowest BCUT2D eigenvalue weighted by atomic mass is 9.82. The average Bonchev–Trinajstić information content (AvgIpc) is 2.60. The van der Waals surface area contributed by atoms with Gasteiger partial charge in [0, 0.05) is 5.39 Å². The third kappa shape index (κ3) is 1.38. The summed E-state index contributed by atoms with van der Waals surface area (Å²) in [4.78, 5) is 11.2. The predicted molar refractivity (Wildman–Crippen MR) is 59.4 cm³/mol. The molecule has 1 N–H and O–H groups in total. The predicted octanol–water partition coefficient (Wildman–Crippen LogP) is 2.50. The van der Waals surface area contributed by atoms with Gasteiger partial charge < -0.3 is 9.63 Å². The van der Waals surface area contributed by atoms with Crippen LogP contribution < -0.4 is 0 Å². The summed E-state index contributed by atoms with van der Waals surface area (Å²) in [6.07, 6.45) is 0. The molecule has 0 amide bonds. The first-order valence-corrected chi connectivity index (χ1v) is 5.03. The molecule has 0 aliphatic heterocycles. The van der Waals surface area contributed by atoms with Gasteiger partial charge in [-0.2, -0.15) is 0 Å². The zero-order valence-corrected chi connectivity index (χ0v) is 9.44. The fourth-order valence-corrected chi connectivity index (χ4v) is 1.78. The molecule has 16 heavy (non-hydrogen) atoms. The summed E-state index contributed by atoms with van der Waals surface area (Å²) in [6, 6.07) is 5.38. The van der Waals surface area contributed by atoms with Crippen molar-refractivity contribution in [1.82, 2.24) is 5.16 Å². The minimum atomic E-state index is -0.949. The third-order valence-electron chi connectivity index (χ3n) is 2.88. The largest absolute Gasteiger partial charge is 0.481 e. The Morgan fingerprint density at radius 3 is 2.75 bits per heavy atom. The van der Waals surface area contributed by atoms with Gasteiger partial charge in [-0.3, -0.25) is 4.79 Å². The van der Waals surface area contributed by atoms with Gasteiger partial charge in [0.1, 0.15) is 0 Å². The van der Waals surface area contributed by atoms with Gasteiger partial charge in [-0.25, -0.2) is 0 Å². The molecule has 0 fully saturated rings. The minimum Gasteiger partial charge on any atom is -0.481 e. The second-order valence-electron chi connectivity index (χ2n) is 4.38. The molecule has 1 aromatic heterocycles. The van der Waals surface area contributed by atoms with Crippen molar-refractivity contribution >= 4 is 16.9 Å². The number of aromatic nitrogens is 1. The molecule has 4 nitrogen and oxygen atoms in total.